The summed E-state index contributed by atoms with van der Waals surface area (Å²) >= 11 is 0. The highest BCUT2D eigenvalue weighted by Crippen LogP contribution is 2.28. The monoisotopic (exact) mass is 332 g/mol. The standard InChI is InChI=1S/C21H20N2O2/c1-2-21(24)23-12-10-18(11-13-23)25-19-8-5-7-16(14-19)20-9-4-3-6-17(20)15-22/h2-9,14,18H,1,10-13H2. The van der Waals surface area contributed by atoms with E-state index in [0.29, 0.717) is 18.7 Å². The first-order valence-electron chi connectivity index (χ1n) is 8.39. The van der Waals surface area contributed by atoms with Gasteiger partial charge in [-0.1, -0.05) is 36.9 Å². The molecule has 25 heavy (non-hydrogen) atoms. The van der Waals surface area contributed by atoms with E-state index in [-0.39, 0.29) is 12.0 Å². The zero-order valence-electron chi connectivity index (χ0n) is 14.0. The van der Waals surface area contributed by atoms with Crippen LogP contribution in [0.1, 0.15) is 18.4 Å². The summed E-state index contributed by atoms with van der Waals surface area (Å²) in [5.74, 6) is 0.771. The first-order chi connectivity index (χ1) is 12.2. The number of nitrogens with zero attached hydrogens (tertiary/aromatic N) is 2. The number of ether oxygens (including phenoxy) is 1. The molecular weight excluding hydrogens is 312 g/mol. The van der Waals surface area contributed by atoms with Crippen LogP contribution in [-0.2, 0) is 4.79 Å². The molecule has 126 valence electrons. The Balaban J connectivity index is 1.70. The van der Waals surface area contributed by atoms with Gasteiger partial charge in [0.1, 0.15) is 11.9 Å². The van der Waals surface area contributed by atoms with E-state index >= 15 is 0 Å². The van der Waals surface area contributed by atoms with Crippen molar-refractivity contribution in [3.63, 3.8) is 0 Å². The molecule has 3 rings (SSSR count). The van der Waals surface area contributed by atoms with Crippen molar-refractivity contribution >= 4 is 5.91 Å². The van der Waals surface area contributed by atoms with Gasteiger partial charge in [-0.15, -0.1) is 0 Å². The molecule has 0 saturated carbocycles. The second kappa shape index (κ2) is 7.67. The van der Waals surface area contributed by atoms with Crippen LogP contribution in [0.4, 0.5) is 0 Å². The van der Waals surface area contributed by atoms with Crippen molar-refractivity contribution in [2.75, 3.05) is 13.1 Å². The van der Waals surface area contributed by atoms with E-state index in [0.717, 1.165) is 29.7 Å². The molecule has 1 fully saturated rings. The van der Waals surface area contributed by atoms with Crippen molar-refractivity contribution in [2.24, 2.45) is 0 Å². The lowest BCUT2D eigenvalue weighted by molar-refractivity contribution is -0.127. The number of nitriles is 1. The van der Waals surface area contributed by atoms with Gasteiger partial charge in [-0.2, -0.15) is 5.26 Å². The number of rotatable bonds is 4. The van der Waals surface area contributed by atoms with Crippen molar-refractivity contribution in [2.45, 2.75) is 18.9 Å². The fraction of sp³-hybridized carbons (Fsp3) is 0.238. The first kappa shape index (κ1) is 16.8. The molecule has 0 spiro atoms. The normalized spacial score (nSPS) is 14.6. The Kier molecular flexibility index (Phi) is 5.15. The summed E-state index contributed by atoms with van der Waals surface area (Å²) in [5, 5.41) is 9.28. The lowest BCUT2D eigenvalue weighted by Gasteiger charge is -2.31. The molecule has 0 radical (unpaired) electrons. The van der Waals surface area contributed by atoms with Gasteiger partial charge < -0.3 is 9.64 Å². The van der Waals surface area contributed by atoms with Crippen molar-refractivity contribution in [1.82, 2.24) is 4.90 Å². The van der Waals surface area contributed by atoms with Crippen molar-refractivity contribution < 1.29 is 9.53 Å². The molecular formula is C21H20N2O2. The number of amides is 1. The fourth-order valence-electron chi connectivity index (χ4n) is 3.08. The minimum absolute atomic E-state index is 0.0199. The lowest BCUT2D eigenvalue weighted by atomic mass is 10.0. The van der Waals surface area contributed by atoms with Gasteiger partial charge in [0.05, 0.1) is 11.6 Å². The molecule has 4 nitrogen and oxygen atoms in total. The van der Waals surface area contributed by atoms with Gasteiger partial charge in [0, 0.05) is 25.9 Å². The maximum absolute atomic E-state index is 11.6. The van der Waals surface area contributed by atoms with Crippen LogP contribution in [0.25, 0.3) is 11.1 Å². The van der Waals surface area contributed by atoms with Gasteiger partial charge in [0.15, 0.2) is 0 Å². The molecule has 1 saturated heterocycles. The number of hydrogen-bond donors (Lipinski definition) is 0. The van der Waals surface area contributed by atoms with E-state index in [1.54, 1.807) is 4.90 Å². The van der Waals surface area contributed by atoms with Crippen molar-refractivity contribution in [3.8, 4) is 22.9 Å². The predicted molar refractivity (Wildman–Crippen MR) is 97.0 cm³/mol. The zero-order chi connectivity index (χ0) is 17.6. The summed E-state index contributed by atoms with van der Waals surface area (Å²) in [5.41, 5.74) is 2.52. The van der Waals surface area contributed by atoms with Crippen LogP contribution in [0.2, 0.25) is 0 Å². The molecule has 4 heteroatoms. The molecule has 0 aliphatic carbocycles. The smallest absolute Gasteiger partial charge is 0.245 e. The average Bonchev–Trinajstić information content (AvgIpc) is 2.68. The second-order valence-corrected chi connectivity index (χ2v) is 6.03. The average molecular weight is 332 g/mol. The number of hydrogen-bond acceptors (Lipinski definition) is 3. The van der Waals surface area contributed by atoms with Crippen LogP contribution >= 0.6 is 0 Å². The fourth-order valence-corrected chi connectivity index (χ4v) is 3.08. The first-order valence-corrected chi connectivity index (χ1v) is 8.39. The van der Waals surface area contributed by atoms with E-state index in [2.05, 4.69) is 12.6 Å². The van der Waals surface area contributed by atoms with E-state index in [1.165, 1.54) is 6.08 Å². The van der Waals surface area contributed by atoms with E-state index in [9.17, 15) is 10.1 Å². The molecule has 0 N–H and O–H groups in total. The molecule has 2 aromatic rings. The summed E-state index contributed by atoms with van der Waals surface area (Å²) in [4.78, 5) is 13.4. The highest BCUT2D eigenvalue weighted by atomic mass is 16.5. The molecule has 1 aliphatic heterocycles. The third kappa shape index (κ3) is 3.89. The van der Waals surface area contributed by atoms with E-state index in [1.807, 2.05) is 48.5 Å². The van der Waals surface area contributed by atoms with Crippen LogP contribution in [0.3, 0.4) is 0 Å². The van der Waals surface area contributed by atoms with Crippen molar-refractivity contribution in [3.05, 3.63) is 66.7 Å². The molecule has 1 aliphatic rings. The number of carbonyl (C=O) groups is 1. The van der Waals surface area contributed by atoms with Gasteiger partial charge >= 0.3 is 0 Å². The Hall–Kier alpha value is -3.06. The molecule has 0 bridgehead atoms. The number of likely N-dealkylation sites (tertiary alicyclic amines) is 1. The molecule has 2 aromatic carbocycles. The van der Waals surface area contributed by atoms with Crippen LogP contribution in [-0.4, -0.2) is 30.0 Å². The molecule has 1 amide bonds. The number of benzene rings is 2. The maximum Gasteiger partial charge on any atom is 0.245 e. The van der Waals surface area contributed by atoms with Gasteiger partial charge in [0.25, 0.3) is 0 Å². The van der Waals surface area contributed by atoms with Gasteiger partial charge in [-0.05, 0) is 35.4 Å². The molecule has 0 unspecified atom stereocenters. The Bertz CT molecular complexity index is 815. The number of piperidine rings is 1. The van der Waals surface area contributed by atoms with Crippen LogP contribution < -0.4 is 4.74 Å². The highest BCUT2D eigenvalue weighted by Gasteiger charge is 2.22. The Morgan fingerprint density at radius 2 is 1.96 bits per heavy atom. The van der Waals surface area contributed by atoms with Crippen LogP contribution in [0, 0.1) is 11.3 Å². The summed E-state index contributed by atoms with van der Waals surface area (Å²) in [6, 6.07) is 17.6. The van der Waals surface area contributed by atoms with Crippen LogP contribution in [0.15, 0.2) is 61.2 Å². The number of carbonyl (C=O) groups excluding carboxylic acids is 1. The third-order valence-electron chi connectivity index (χ3n) is 4.42. The molecule has 1 heterocycles. The quantitative estimate of drug-likeness (QED) is 0.801. The lowest BCUT2D eigenvalue weighted by Crippen LogP contribution is -2.41. The van der Waals surface area contributed by atoms with E-state index in [4.69, 9.17) is 4.74 Å². The summed E-state index contributed by atoms with van der Waals surface area (Å²) in [7, 11) is 0. The summed E-state index contributed by atoms with van der Waals surface area (Å²) in [6.07, 6.45) is 3.06. The summed E-state index contributed by atoms with van der Waals surface area (Å²) < 4.78 is 6.11. The zero-order valence-corrected chi connectivity index (χ0v) is 14.0. The summed E-state index contributed by atoms with van der Waals surface area (Å²) in [6.45, 7) is 4.90. The molecule has 0 aromatic heterocycles. The van der Waals surface area contributed by atoms with Crippen LogP contribution in [0.5, 0.6) is 5.75 Å². The van der Waals surface area contributed by atoms with Gasteiger partial charge in [-0.3, -0.25) is 4.79 Å². The van der Waals surface area contributed by atoms with Gasteiger partial charge in [-0.25, -0.2) is 0 Å². The predicted octanol–water partition coefficient (Wildman–Crippen LogP) is 3.78. The third-order valence-corrected chi connectivity index (χ3v) is 4.42. The van der Waals surface area contributed by atoms with Gasteiger partial charge in [0.2, 0.25) is 5.91 Å². The molecule has 0 atom stereocenters. The Morgan fingerprint density at radius 3 is 2.68 bits per heavy atom. The largest absolute Gasteiger partial charge is 0.490 e. The minimum atomic E-state index is -0.0199. The highest BCUT2D eigenvalue weighted by molar-refractivity contribution is 5.87. The Labute approximate surface area is 148 Å². The minimum Gasteiger partial charge on any atom is -0.490 e. The second-order valence-electron chi connectivity index (χ2n) is 6.03. The maximum atomic E-state index is 11.6. The Morgan fingerprint density at radius 1 is 1.20 bits per heavy atom. The topological polar surface area (TPSA) is 53.3 Å². The SMILES string of the molecule is C=CC(=O)N1CCC(Oc2cccc(-c3ccccc3C#N)c2)CC1. The van der Waals surface area contributed by atoms with E-state index < -0.39 is 0 Å². The van der Waals surface area contributed by atoms with Crippen molar-refractivity contribution in [1.29, 1.82) is 5.26 Å².